The van der Waals surface area contributed by atoms with Gasteiger partial charge in [0.05, 0.1) is 6.10 Å². The number of hydrogen-bond acceptors (Lipinski definition) is 5. The molecule has 0 aromatic heterocycles. The van der Waals surface area contributed by atoms with Crippen LogP contribution in [0, 0.1) is 5.92 Å². The number of carbonyl (C=O) groups excluding carboxylic acids is 1. The molecule has 0 fully saturated rings. The summed E-state index contributed by atoms with van der Waals surface area (Å²) in [5.74, 6) is -1.84. The van der Waals surface area contributed by atoms with Crippen LogP contribution in [0.25, 0.3) is 0 Å². The number of rotatable bonds is 6. The van der Waals surface area contributed by atoms with Crippen molar-refractivity contribution in [1.29, 1.82) is 0 Å². The molecule has 1 heterocycles. The highest BCUT2D eigenvalue weighted by molar-refractivity contribution is 5.84. The minimum absolute atomic E-state index is 0.0914. The van der Waals surface area contributed by atoms with E-state index in [4.69, 9.17) is 14.9 Å². The first-order chi connectivity index (χ1) is 8.95. The lowest BCUT2D eigenvalue weighted by Gasteiger charge is -2.34. The summed E-state index contributed by atoms with van der Waals surface area (Å²) in [6, 6.07) is 0. The minimum Gasteiger partial charge on any atom is -0.480 e. The van der Waals surface area contributed by atoms with Crippen molar-refractivity contribution in [3.05, 3.63) is 11.8 Å². The molecule has 0 bridgehead atoms. The SMILES string of the molecule is CC(=O)NCC1CC=C(C(=O)O)OC1C(O)CCO. The van der Waals surface area contributed by atoms with E-state index in [1.807, 2.05) is 0 Å². The molecule has 19 heavy (non-hydrogen) atoms. The van der Waals surface area contributed by atoms with Gasteiger partial charge in [0.25, 0.3) is 0 Å². The Balaban J connectivity index is 2.75. The van der Waals surface area contributed by atoms with Gasteiger partial charge in [0.1, 0.15) is 6.10 Å². The standard InChI is InChI=1S/C12H19NO6/c1-7(15)13-6-8-2-3-10(12(17)18)19-11(8)9(16)4-5-14/h3,8-9,11,14,16H,2,4-6H2,1H3,(H,13,15)(H,17,18). The molecular formula is C12H19NO6. The fourth-order valence-electron chi connectivity index (χ4n) is 1.98. The number of hydrogen-bond donors (Lipinski definition) is 4. The smallest absolute Gasteiger partial charge is 0.370 e. The zero-order valence-corrected chi connectivity index (χ0v) is 10.7. The van der Waals surface area contributed by atoms with Crippen LogP contribution in [0.3, 0.4) is 0 Å². The number of nitrogens with one attached hydrogen (secondary N) is 1. The number of allylic oxidation sites excluding steroid dienone is 1. The molecule has 0 aromatic carbocycles. The van der Waals surface area contributed by atoms with E-state index in [-0.39, 0.29) is 37.2 Å². The summed E-state index contributed by atoms with van der Waals surface area (Å²) < 4.78 is 5.26. The highest BCUT2D eigenvalue weighted by atomic mass is 16.5. The molecule has 3 atom stereocenters. The van der Waals surface area contributed by atoms with Crippen LogP contribution in [0.1, 0.15) is 19.8 Å². The summed E-state index contributed by atoms with van der Waals surface area (Å²) in [4.78, 5) is 21.8. The third-order valence-corrected chi connectivity index (χ3v) is 2.96. The molecule has 1 aliphatic heterocycles. The van der Waals surface area contributed by atoms with E-state index in [2.05, 4.69) is 5.32 Å². The Morgan fingerprint density at radius 2 is 2.26 bits per heavy atom. The molecule has 1 rings (SSSR count). The summed E-state index contributed by atoms with van der Waals surface area (Å²) in [7, 11) is 0. The maximum atomic E-state index is 10.9. The van der Waals surface area contributed by atoms with Gasteiger partial charge in [0, 0.05) is 32.4 Å². The number of aliphatic hydroxyl groups is 2. The normalized spacial score (nSPS) is 24.1. The van der Waals surface area contributed by atoms with Gasteiger partial charge in [-0.15, -0.1) is 0 Å². The van der Waals surface area contributed by atoms with Crippen LogP contribution in [0.15, 0.2) is 11.8 Å². The summed E-state index contributed by atoms with van der Waals surface area (Å²) in [5, 5.41) is 30.2. The van der Waals surface area contributed by atoms with Crippen molar-refractivity contribution in [2.45, 2.75) is 32.0 Å². The van der Waals surface area contributed by atoms with Crippen LogP contribution in [0.2, 0.25) is 0 Å². The Morgan fingerprint density at radius 3 is 2.79 bits per heavy atom. The Bertz CT molecular complexity index is 367. The Hall–Kier alpha value is -1.60. The molecule has 1 aliphatic rings. The lowest BCUT2D eigenvalue weighted by molar-refractivity contribution is -0.142. The van der Waals surface area contributed by atoms with Gasteiger partial charge < -0.3 is 25.4 Å². The van der Waals surface area contributed by atoms with Crippen molar-refractivity contribution in [3.63, 3.8) is 0 Å². The van der Waals surface area contributed by atoms with E-state index in [0.29, 0.717) is 6.42 Å². The first-order valence-electron chi connectivity index (χ1n) is 6.09. The maximum absolute atomic E-state index is 10.9. The molecule has 7 nitrogen and oxygen atoms in total. The topological polar surface area (TPSA) is 116 Å². The molecule has 0 saturated carbocycles. The summed E-state index contributed by atoms with van der Waals surface area (Å²) in [5.41, 5.74) is 0. The summed E-state index contributed by atoms with van der Waals surface area (Å²) >= 11 is 0. The van der Waals surface area contributed by atoms with Crippen LogP contribution in [-0.4, -0.2) is 52.6 Å². The van der Waals surface area contributed by atoms with Gasteiger partial charge in [-0.25, -0.2) is 4.79 Å². The van der Waals surface area contributed by atoms with Crippen LogP contribution in [0.5, 0.6) is 0 Å². The van der Waals surface area contributed by atoms with Gasteiger partial charge in [-0.2, -0.15) is 0 Å². The number of carboxylic acids is 1. The number of ether oxygens (including phenoxy) is 1. The first-order valence-corrected chi connectivity index (χ1v) is 6.09. The van der Waals surface area contributed by atoms with Crippen molar-refractivity contribution >= 4 is 11.9 Å². The predicted molar refractivity (Wildman–Crippen MR) is 65.1 cm³/mol. The summed E-state index contributed by atoms with van der Waals surface area (Å²) in [6.07, 6.45) is 0.169. The molecule has 0 saturated heterocycles. The number of amides is 1. The minimum atomic E-state index is -1.20. The first kappa shape index (κ1) is 15.5. The van der Waals surface area contributed by atoms with Gasteiger partial charge >= 0.3 is 5.97 Å². The lowest BCUT2D eigenvalue weighted by atomic mass is 9.90. The molecule has 0 aromatic rings. The van der Waals surface area contributed by atoms with E-state index < -0.39 is 18.2 Å². The van der Waals surface area contributed by atoms with Crippen molar-refractivity contribution in [1.82, 2.24) is 5.32 Å². The predicted octanol–water partition coefficient (Wildman–Crippen LogP) is -0.761. The van der Waals surface area contributed by atoms with Gasteiger partial charge in [-0.3, -0.25) is 4.79 Å². The van der Waals surface area contributed by atoms with Gasteiger partial charge in [-0.05, 0) is 12.5 Å². The number of carboxylic acid groups (broad SMARTS) is 1. The van der Waals surface area contributed by atoms with Gasteiger partial charge in [-0.1, -0.05) is 0 Å². The van der Waals surface area contributed by atoms with E-state index in [1.165, 1.54) is 13.0 Å². The van der Waals surface area contributed by atoms with Crippen molar-refractivity contribution < 1.29 is 29.6 Å². The number of carbonyl (C=O) groups is 2. The third-order valence-electron chi connectivity index (χ3n) is 2.96. The molecular weight excluding hydrogens is 254 g/mol. The molecule has 0 radical (unpaired) electrons. The zero-order valence-electron chi connectivity index (χ0n) is 10.7. The molecule has 7 heteroatoms. The van der Waals surface area contributed by atoms with E-state index in [0.717, 1.165) is 0 Å². The van der Waals surface area contributed by atoms with Crippen molar-refractivity contribution in [3.8, 4) is 0 Å². The Morgan fingerprint density at radius 1 is 1.58 bits per heavy atom. The zero-order chi connectivity index (χ0) is 14.4. The molecule has 3 unspecified atom stereocenters. The second-order valence-electron chi connectivity index (χ2n) is 4.47. The van der Waals surface area contributed by atoms with E-state index in [9.17, 15) is 14.7 Å². The van der Waals surface area contributed by atoms with E-state index >= 15 is 0 Å². The van der Waals surface area contributed by atoms with Crippen LogP contribution in [0.4, 0.5) is 0 Å². The average Bonchev–Trinajstić information content (AvgIpc) is 2.36. The molecule has 108 valence electrons. The van der Waals surface area contributed by atoms with Gasteiger partial charge in [0.2, 0.25) is 11.7 Å². The van der Waals surface area contributed by atoms with Crippen LogP contribution >= 0.6 is 0 Å². The highest BCUT2D eigenvalue weighted by Gasteiger charge is 2.34. The average molecular weight is 273 g/mol. The Labute approximate surface area is 110 Å². The van der Waals surface area contributed by atoms with Crippen molar-refractivity contribution in [2.75, 3.05) is 13.2 Å². The fraction of sp³-hybridized carbons (Fsp3) is 0.667. The van der Waals surface area contributed by atoms with E-state index in [1.54, 1.807) is 0 Å². The second-order valence-corrected chi connectivity index (χ2v) is 4.47. The van der Waals surface area contributed by atoms with Gasteiger partial charge in [0.15, 0.2) is 0 Å². The lowest BCUT2D eigenvalue weighted by Crippen LogP contribution is -2.44. The Kier molecular flexibility index (Phi) is 5.78. The second kappa shape index (κ2) is 7.10. The third kappa shape index (κ3) is 4.53. The highest BCUT2D eigenvalue weighted by Crippen LogP contribution is 2.26. The molecule has 0 spiro atoms. The monoisotopic (exact) mass is 273 g/mol. The largest absolute Gasteiger partial charge is 0.480 e. The van der Waals surface area contributed by atoms with Crippen molar-refractivity contribution in [2.24, 2.45) is 5.92 Å². The van der Waals surface area contributed by atoms with Crippen LogP contribution in [-0.2, 0) is 14.3 Å². The molecule has 1 amide bonds. The van der Waals surface area contributed by atoms with Crippen LogP contribution < -0.4 is 5.32 Å². The molecule has 4 N–H and O–H groups in total. The number of aliphatic hydroxyl groups excluding tert-OH is 2. The molecule has 0 aliphatic carbocycles. The maximum Gasteiger partial charge on any atom is 0.370 e. The fourth-order valence-corrected chi connectivity index (χ4v) is 1.98. The quantitative estimate of drug-likeness (QED) is 0.505. The summed E-state index contributed by atoms with van der Waals surface area (Å²) in [6.45, 7) is 1.44. The number of aliphatic carboxylic acids is 1.